The number of rotatable bonds is 6. The number of benzene rings is 1. The van der Waals surface area contributed by atoms with Crippen molar-refractivity contribution in [1.29, 1.82) is 0 Å². The minimum atomic E-state index is -0.788. The second-order valence-corrected chi connectivity index (χ2v) is 7.93. The molecule has 148 valence electrons. The normalized spacial score (nSPS) is 20.5. The van der Waals surface area contributed by atoms with Gasteiger partial charge in [-0.1, -0.05) is 30.3 Å². The summed E-state index contributed by atoms with van der Waals surface area (Å²) in [6.45, 7) is 7.16. The van der Waals surface area contributed by atoms with Gasteiger partial charge < -0.3 is 20.7 Å². The molecule has 0 spiro atoms. The largest absolute Gasteiger partial charge is 0.444 e. The van der Waals surface area contributed by atoms with Gasteiger partial charge >= 0.3 is 6.09 Å². The van der Waals surface area contributed by atoms with Crippen LogP contribution in [0.25, 0.3) is 0 Å². The highest BCUT2D eigenvalue weighted by Crippen LogP contribution is 2.11. The van der Waals surface area contributed by atoms with E-state index in [1.54, 1.807) is 20.8 Å². The van der Waals surface area contributed by atoms with Crippen LogP contribution in [0.1, 0.15) is 46.1 Å². The number of hydrogen-bond donors (Lipinski definition) is 3. The van der Waals surface area contributed by atoms with Crippen LogP contribution in [0.3, 0.4) is 0 Å². The first-order valence-corrected chi connectivity index (χ1v) is 9.28. The van der Waals surface area contributed by atoms with Crippen LogP contribution in [0.5, 0.6) is 0 Å². The van der Waals surface area contributed by atoms with Crippen molar-refractivity contribution >= 4 is 17.9 Å². The first kappa shape index (κ1) is 20.7. The lowest BCUT2D eigenvalue weighted by atomic mass is 10.0. The second-order valence-electron chi connectivity index (χ2n) is 7.93. The van der Waals surface area contributed by atoms with Gasteiger partial charge in [-0.2, -0.15) is 0 Å². The fourth-order valence-corrected chi connectivity index (χ4v) is 2.93. The molecule has 7 nitrogen and oxygen atoms in total. The van der Waals surface area contributed by atoms with E-state index >= 15 is 0 Å². The summed E-state index contributed by atoms with van der Waals surface area (Å²) in [7, 11) is 0. The third kappa shape index (κ3) is 6.92. The SMILES string of the molecule is CC1C[C@H](NC(=O)[C@H](CCc2ccccc2)NC(=O)OC(C)(C)C)C(=O)N1. The zero-order valence-electron chi connectivity index (χ0n) is 16.4. The standard InChI is InChI=1S/C20H29N3O4/c1-13-12-16(18(25)21-13)22-17(24)15(23-19(26)27-20(2,3)4)11-10-14-8-6-5-7-9-14/h5-9,13,15-16H,10-12H2,1-4H3,(H,21,25)(H,22,24)(H,23,26)/t13?,15-,16-/m0/s1. The molecule has 0 radical (unpaired) electrons. The van der Waals surface area contributed by atoms with Gasteiger partial charge in [0.25, 0.3) is 0 Å². The number of nitrogens with one attached hydrogen (secondary N) is 3. The first-order valence-electron chi connectivity index (χ1n) is 9.28. The zero-order valence-corrected chi connectivity index (χ0v) is 16.4. The Kier molecular flexibility index (Phi) is 6.82. The van der Waals surface area contributed by atoms with Crippen molar-refractivity contribution in [3.63, 3.8) is 0 Å². The predicted octanol–water partition coefficient (Wildman–Crippen LogP) is 1.91. The van der Waals surface area contributed by atoms with E-state index in [1.165, 1.54) is 0 Å². The summed E-state index contributed by atoms with van der Waals surface area (Å²) in [6, 6.07) is 8.36. The van der Waals surface area contributed by atoms with Gasteiger partial charge in [-0.05, 0) is 52.5 Å². The van der Waals surface area contributed by atoms with Crippen LogP contribution >= 0.6 is 0 Å². The van der Waals surface area contributed by atoms with E-state index in [4.69, 9.17) is 4.74 Å². The number of alkyl carbamates (subject to hydrolysis) is 1. The molecule has 3 amide bonds. The van der Waals surface area contributed by atoms with E-state index in [0.717, 1.165) is 5.56 Å². The van der Waals surface area contributed by atoms with Gasteiger partial charge in [-0.3, -0.25) is 9.59 Å². The average Bonchev–Trinajstić information content (AvgIpc) is 2.88. The first-order chi connectivity index (χ1) is 12.6. The number of carbonyl (C=O) groups excluding carboxylic acids is 3. The van der Waals surface area contributed by atoms with Crippen LogP contribution < -0.4 is 16.0 Å². The molecule has 0 aromatic heterocycles. The lowest BCUT2D eigenvalue weighted by Gasteiger charge is -2.24. The predicted molar refractivity (Wildman–Crippen MR) is 102 cm³/mol. The van der Waals surface area contributed by atoms with Crippen molar-refractivity contribution in [2.45, 2.75) is 70.7 Å². The minimum absolute atomic E-state index is 0.0179. The molecule has 0 bridgehead atoms. The molecule has 2 rings (SSSR count). The van der Waals surface area contributed by atoms with E-state index < -0.39 is 23.8 Å². The molecule has 7 heteroatoms. The van der Waals surface area contributed by atoms with Crippen molar-refractivity contribution < 1.29 is 19.1 Å². The second kappa shape index (κ2) is 8.88. The van der Waals surface area contributed by atoms with E-state index in [9.17, 15) is 14.4 Å². The van der Waals surface area contributed by atoms with E-state index in [2.05, 4.69) is 16.0 Å². The molecule has 1 aromatic carbocycles. The van der Waals surface area contributed by atoms with Gasteiger partial charge in [0.05, 0.1) is 0 Å². The van der Waals surface area contributed by atoms with Gasteiger partial charge in [-0.15, -0.1) is 0 Å². The Bertz CT molecular complexity index is 670. The Hall–Kier alpha value is -2.57. The number of amides is 3. The smallest absolute Gasteiger partial charge is 0.408 e. The Morgan fingerprint density at radius 3 is 2.48 bits per heavy atom. The number of hydrogen-bond acceptors (Lipinski definition) is 4. The highest BCUT2D eigenvalue weighted by Gasteiger charge is 2.33. The third-order valence-corrected chi connectivity index (χ3v) is 4.18. The van der Waals surface area contributed by atoms with Crippen molar-refractivity contribution in [1.82, 2.24) is 16.0 Å². The average molecular weight is 375 g/mol. The molecule has 1 heterocycles. The number of aryl methyl sites for hydroxylation is 1. The van der Waals surface area contributed by atoms with Crippen molar-refractivity contribution in [3.05, 3.63) is 35.9 Å². The van der Waals surface area contributed by atoms with Crippen molar-refractivity contribution in [2.75, 3.05) is 0 Å². The molecular formula is C20H29N3O4. The van der Waals surface area contributed by atoms with Crippen molar-refractivity contribution in [3.8, 4) is 0 Å². The molecule has 1 aliphatic heterocycles. The zero-order chi connectivity index (χ0) is 20.0. The molecule has 0 saturated carbocycles. The lowest BCUT2D eigenvalue weighted by Crippen LogP contribution is -2.52. The number of carbonyl (C=O) groups is 3. The van der Waals surface area contributed by atoms with Crippen LogP contribution in [0.4, 0.5) is 4.79 Å². The molecule has 1 aromatic rings. The summed E-state index contributed by atoms with van der Waals surface area (Å²) < 4.78 is 5.27. The summed E-state index contributed by atoms with van der Waals surface area (Å²) in [6.07, 6.45) is 0.892. The van der Waals surface area contributed by atoms with Crippen LogP contribution in [-0.2, 0) is 20.7 Å². The minimum Gasteiger partial charge on any atom is -0.444 e. The monoisotopic (exact) mass is 375 g/mol. The fourth-order valence-electron chi connectivity index (χ4n) is 2.93. The van der Waals surface area contributed by atoms with Gasteiger partial charge in [0.1, 0.15) is 17.7 Å². The molecule has 1 aliphatic rings. The highest BCUT2D eigenvalue weighted by molar-refractivity contribution is 5.92. The molecular weight excluding hydrogens is 346 g/mol. The molecule has 1 unspecified atom stereocenters. The van der Waals surface area contributed by atoms with Gasteiger partial charge in [0.2, 0.25) is 11.8 Å². The van der Waals surface area contributed by atoms with Crippen LogP contribution in [0, 0.1) is 0 Å². The van der Waals surface area contributed by atoms with E-state index in [1.807, 2.05) is 37.3 Å². The summed E-state index contributed by atoms with van der Waals surface area (Å²) in [5.74, 6) is -0.582. The maximum absolute atomic E-state index is 12.7. The quantitative estimate of drug-likeness (QED) is 0.708. The summed E-state index contributed by atoms with van der Waals surface area (Å²) in [5, 5.41) is 8.16. The molecule has 1 saturated heterocycles. The molecule has 1 fully saturated rings. The maximum Gasteiger partial charge on any atom is 0.408 e. The Balaban J connectivity index is 2.02. The molecule has 27 heavy (non-hydrogen) atoms. The summed E-state index contributed by atoms with van der Waals surface area (Å²) >= 11 is 0. The molecule has 0 aliphatic carbocycles. The lowest BCUT2D eigenvalue weighted by molar-refractivity contribution is -0.128. The maximum atomic E-state index is 12.7. The van der Waals surface area contributed by atoms with Crippen LogP contribution in [0.15, 0.2) is 30.3 Å². The third-order valence-electron chi connectivity index (χ3n) is 4.18. The summed E-state index contributed by atoms with van der Waals surface area (Å²) in [5.41, 5.74) is 0.402. The van der Waals surface area contributed by atoms with Gasteiger partial charge in [0, 0.05) is 6.04 Å². The molecule has 3 atom stereocenters. The number of ether oxygens (including phenoxy) is 1. The topological polar surface area (TPSA) is 96.5 Å². The fraction of sp³-hybridized carbons (Fsp3) is 0.550. The highest BCUT2D eigenvalue weighted by atomic mass is 16.6. The van der Waals surface area contributed by atoms with Crippen molar-refractivity contribution in [2.24, 2.45) is 0 Å². The van der Waals surface area contributed by atoms with Gasteiger partial charge in [-0.25, -0.2) is 4.79 Å². The Labute approximate surface area is 160 Å². The van der Waals surface area contributed by atoms with E-state index in [-0.39, 0.29) is 17.9 Å². The molecule has 3 N–H and O–H groups in total. The van der Waals surface area contributed by atoms with Gasteiger partial charge in [0.15, 0.2) is 0 Å². The Morgan fingerprint density at radius 2 is 1.93 bits per heavy atom. The van der Waals surface area contributed by atoms with E-state index in [0.29, 0.717) is 19.3 Å². The Morgan fingerprint density at radius 1 is 1.26 bits per heavy atom. The van der Waals surface area contributed by atoms with Crippen LogP contribution in [-0.4, -0.2) is 41.6 Å². The van der Waals surface area contributed by atoms with Crippen LogP contribution in [0.2, 0.25) is 0 Å². The summed E-state index contributed by atoms with van der Waals surface area (Å²) in [4.78, 5) is 36.8.